The normalized spacial score (nSPS) is 21.7. The van der Waals surface area contributed by atoms with Gasteiger partial charge in [0.15, 0.2) is 0 Å². The van der Waals surface area contributed by atoms with Gasteiger partial charge in [0.05, 0.1) is 12.0 Å². The number of nitrogens with one attached hydrogen (secondary N) is 2. The standard InChI is InChI=1S/C12H16N2O2S/c1-8(10-3-2-6-17-10)14-12(16)9-4-5-11(15)13-7-9/h2-3,6,8-9H,4-5,7H2,1H3,(H,13,15)(H,14,16)/t8-,9-/m0/s1. The summed E-state index contributed by atoms with van der Waals surface area (Å²) >= 11 is 1.64. The number of rotatable bonds is 3. The summed E-state index contributed by atoms with van der Waals surface area (Å²) in [4.78, 5) is 24.1. The Kier molecular flexibility index (Phi) is 3.78. The van der Waals surface area contributed by atoms with E-state index in [4.69, 9.17) is 0 Å². The van der Waals surface area contributed by atoms with E-state index >= 15 is 0 Å². The molecule has 2 amide bonds. The van der Waals surface area contributed by atoms with Gasteiger partial charge in [0.1, 0.15) is 0 Å². The van der Waals surface area contributed by atoms with Crippen molar-refractivity contribution < 1.29 is 9.59 Å². The molecule has 17 heavy (non-hydrogen) atoms. The molecule has 0 radical (unpaired) electrons. The van der Waals surface area contributed by atoms with Gasteiger partial charge in [-0.15, -0.1) is 11.3 Å². The van der Waals surface area contributed by atoms with Crippen LogP contribution >= 0.6 is 11.3 Å². The van der Waals surface area contributed by atoms with Crippen molar-refractivity contribution in [2.75, 3.05) is 6.54 Å². The van der Waals surface area contributed by atoms with Crippen LogP contribution in [0.2, 0.25) is 0 Å². The van der Waals surface area contributed by atoms with Gasteiger partial charge in [-0.3, -0.25) is 9.59 Å². The predicted molar refractivity (Wildman–Crippen MR) is 66.6 cm³/mol. The molecule has 1 aliphatic heterocycles. The molecule has 2 atom stereocenters. The number of hydrogen-bond donors (Lipinski definition) is 2. The lowest BCUT2D eigenvalue weighted by Crippen LogP contribution is -2.43. The maximum atomic E-state index is 12.0. The first-order chi connectivity index (χ1) is 8.16. The van der Waals surface area contributed by atoms with Crippen LogP contribution in [0.25, 0.3) is 0 Å². The van der Waals surface area contributed by atoms with Crippen LogP contribution in [0.3, 0.4) is 0 Å². The van der Waals surface area contributed by atoms with Crippen LogP contribution in [0.15, 0.2) is 17.5 Å². The third kappa shape index (κ3) is 3.06. The molecule has 0 aromatic carbocycles. The van der Waals surface area contributed by atoms with Gasteiger partial charge in [0, 0.05) is 17.8 Å². The van der Waals surface area contributed by atoms with Crippen LogP contribution in [-0.4, -0.2) is 18.4 Å². The number of carbonyl (C=O) groups is 2. The Hall–Kier alpha value is -1.36. The minimum absolute atomic E-state index is 0.0332. The highest BCUT2D eigenvalue weighted by atomic mass is 32.1. The van der Waals surface area contributed by atoms with Crippen molar-refractivity contribution in [2.45, 2.75) is 25.8 Å². The summed E-state index contributed by atoms with van der Waals surface area (Å²) in [6.45, 7) is 2.44. The largest absolute Gasteiger partial charge is 0.355 e. The van der Waals surface area contributed by atoms with Crippen molar-refractivity contribution in [1.82, 2.24) is 10.6 Å². The van der Waals surface area contributed by atoms with E-state index in [0.29, 0.717) is 19.4 Å². The molecule has 0 bridgehead atoms. The zero-order chi connectivity index (χ0) is 12.3. The highest BCUT2D eigenvalue weighted by molar-refractivity contribution is 7.10. The van der Waals surface area contributed by atoms with Gasteiger partial charge in [0.2, 0.25) is 11.8 Å². The van der Waals surface area contributed by atoms with Crippen LogP contribution in [0, 0.1) is 5.92 Å². The molecule has 1 aromatic heterocycles. The molecular weight excluding hydrogens is 236 g/mol. The zero-order valence-electron chi connectivity index (χ0n) is 9.73. The van der Waals surface area contributed by atoms with Gasteiger partial charge in [-0.05, 0) is 24.8 Å². The third-order valence-corrected chi connectivity index (χ3v) is 4.02. The van der Waals surface area contributed by atoms with Crippen molar-refractivity contribution in [3.8, 4) is 0 Å². The van der Waals surface area contributed by atoms with E-state index in [2.05, 4.69) is 10.6 Å². The van der Waals surface area contributed by atoms with E-state index < -0.39 is 0 Å². The molecule has 0 aliphatic carbocycles. The van der Waals surface area contributed by atoms with Gasteiger partial charge in [-0.25, -0.2) is 0 Å². The summed E-state index contributed by atoms with van der Waals surface area (Å²) in [7, 11) is 0. The predicted octanol–water partition coefficient (Wildman–Crippen LogP) is 1.45. The van der Waals surface area contributed by atoms with Crippen molar-refractivity contribution >= 4 is 23.2 Å². The minimum Gasteiger partial charge on any atom is -0.355 e. The molecule has 1 fully saturated rings. The lowest BCUT2D eigenvalue weighted by Gasteiger charge is -2.23. The quantitative estimate of drug-likeness (QED) is 0.855. The molecule has 0 spiro atoms. The first-order valence-electron chi connectivity index (χ1n) is 5.77. The fraction of sp³-hybridized carbons (Fsp3) is 0.500. The zero-order valence-corrected chi connectivity index (χ0v) is 10.5. The number of piperidine rings is 1. The summed E-state index contributed by atoms with van der Waals surface area (Å²) in [6, 6.07) is 4.03. The topological polar surface area (TPSA) is 58.2 Å². The fourth-order valence-corrected chi connectivity index (χ4v) is 2.63. The number of hydrogen-bond acceptors (Lipinski definition) is 3. The lowest BCUT2D eigenvalue weighted by molar-refractivity contribution is -0.129. The number of thiophene rings is 1. The second-order valence-corrected chi connectivity index (χ2v) is 5.26. The van der Waals surface area contributed by atoms with Crippen molar-refractivity contribution in [3.05, 3.63) is 22.4 Å². The molecule has 2 heterocycles. The Bertz CT molecular complexity index is 393. The molecule has 1 aromatic rings. The average molecular weight is 252 g/mol. The van der Waals surface area contributed by atoms with Crippen LogP contribution in [-0.2, 0) is 9.59 Å². The molecule has 5 heteroatoms. The number of carbonyl (C=O) groups excluding carboxylic acids is 2. The van der Waals surface area contributed by atoms with Crippen molar-refractivity contribution in [3.63, 3.8) is 0 Å². The van der Waals surface area contributed by atoms with Gasteiger partial charge in [-0.1, -0.05) is 6.07 Å². The monoisotopic (exact) mass is 252 g/mol. The molecule has 1 aliphatic rings. The molecular formula is C12H16N2O2S. The molecule has 0 unspecified atom stereocenters. The highest BCUT2D eigenvalue weighted by Gasteiger charge is 2.25. The summed E-state index contributed by atoms with van der Waals surface area (Å²) in [5, 5.41) is 7.71. The molecule has 1 saturated heterocycles. The van der Waals surface area contributed by atoms with E-state index in [0.717, 1.165) is 4.88 Å². The Balaban J connectivity index is 1.86. The second-order valence-electron chi connectivity index (χ2n) is 4.29. The Morgan fingerprint density at radius 2 is 2.47 bits per heavy atom. The van der Waals surface area contributed by atoms with Gasteiger partial charge in [-0.2, -0.15) is 0 Å². The average Bonchev–Trinajstić information content (AvgIpc) is 2.83. The maximum Gasteiger partial charge on any atom is 0.225 e. The molecule has 2 N–H and O–H groups in total. The summed E-state index contributed by atoms with van der Waals surface area (Å²) in [5.74, 6) is -0.0126. The maximum absolute atomic E-state index is 12.0. The summed E-state index contributed by atoms with van der Waals surface area (Å²) in [5.41, 5.74) is 0. The smallest absolute Gasteiger partial charge is 0.225 e. The van der Waals surface area contributed by atoms with E-state index in [1.165, 1.54) is 0 Å². The van der Waals surface area contributed by atoms with Crippen molar-refractivity contribution in [2.24, 2.45) is 5.92 Å². The Morgan fingerprint density at radius 3 is 3.06 bits per heavy atom. The van der Waals surface area contributed by atoms with E-state index in [9.17, 15) is 9.59 Å². The van der Waals surface area contributed by atoms with Crippen LogP contribution < -0.4 is 10.6 Å². The fourth-order valence-electron chi connectivity index (χ4n) is 1.90. The van der Waals surface area contributed by atoms with Crippen LogP contribution in [0.1, 0.15) is 30.7 Å². The molecule has 4 nitrogen and oxygen atoms in total. The first kappa shape index (κ1) is 12.1. The SMILES string of the molecule is C[C@H](NC(=O)[C@H]1CCC(=O)NC1)c1cccs1. The van der Waals surface area contributed by atoms with E-state index in [1.54, 1.807) is 11.3 Å². The second kappa shape index (κ2) is 5.31. The molecule has 2 rings (SSSR count). The third-order valence-electron chi connectivity index (χ3n) is 2.97. The highest BCUT2D eigenvalue weighted by Crippen LogP contribution is 2.19. The van der Waals surface area contributed by atoms with Crippen LogP contribution in [0.5, 0.6) is 0 Å². The lowest BCUT2D eigenvalue weighted by atomic mass is 9.98. The summed E-state index contributed by atoms with van der Waals surface area (Å²) < 4.78 is 0. The van der Waals surface area contributed by atoms with E-state index in [-0.39, 0.29) is 23.8 Å². The Labute approximate surface area is 104 Å². The minimum atomic E-state index is -0.0879. The Morgan fingerprint density at radius 1 is 1.65 bits per heavy atom. The van der Waals surface area contributed by atoms with Gasteiger partial charge < -0.3 is 10.6 Å². The first-order valence-corrected chi connectivity index (χ1v) is 6.65. The summed E-state index contributed by atoms with van der Waals surface area (Å²) in [6.07, 6.45) is 1.10. The number of amides is 2. The van der Waals surface area contributed by atoms with Gasteiger partial charge >= 0.3 is 0 Å². The van der Waals surface area contributed by atoms with Crippen molar-refractivity contribution in [1.29, 1.82) is 0 Å². The van der Waals surface area contributed by atoms with E-state index in [1.807, 2.05) is 24.4 Å². The van der Waals surface area contributed by atoms with Crippen LogP contribution in [0.4, 0.5) is 0 Å². The molecule has 0 saturated carbocycles. The van der Waals surface area contributed by atoms with Gasteiger partial charge in [0.25, 0.3) is 0 Å². The molecule has 92 valence electrons.